The second-order valence-corrected chi connectivity index (χ2v) is 3.07. The zero-order valence-corrected chi connectivity index (χ0v) is 7.75. The first-order valence-electron chi connectivity index (χ1n) is 4.08. The van der Waals surface area contributed by atoms with Gasteiger partial charge in [0.25, 0.3) is 0 Å². The number of nitrogens with two attached hydrogens (primary N) is 2. The molecule has 0 heterocycles. The summed E-state index contributed by atoms with van der Waals surface area (Å²) >= 11 is 0. The highest BCUT2D eigenvalue weighted by atomic mass is 14.7. The Hall–Kier alpha value is -1.70. The first-order chi connectivity index (χ1) is 6.09. The third-order valence-corrected chi connectivity index (χ3v) is 1.67. The lowest BCUT2D eigenvalue weighted by Gasteiger charge is -2.00. The summed E-state index contributed by atoms with van der Waals surface area (Å²) in [5, 5.41) is 0. The Labute approximate surface area is 78.6 Å². The molecular weight excluding hydrogens is 160 g/mol. The van der Waals surface area contributed by atoms with Crippen molar-refractivity contribution in [2.45, 2.75) is 6.92 Å². The molecule has 68 valence electrons. The van der Waals surface area contributed by atoms with Crippen molar-refractivity contribution in [2.24, 2.45) is 0 Å². The van der Waals surface area contributed by atoms with Crippen LogP contribution in [0.2, 0.25) is 0 Å². The van der Waals surface area contributed by atoms with Gasteiger partial charge in [-0.05, 0) is 24.6 Å². The molecule has 0 aromatic heterocycles. The molecule has 0 fully saturated rings. The van der Waals surface area contributed by atoms with Crippen LogP contribution in [-0.2, 0) is 0 Å². The van der Waals surface area contributed by atoms with Crippen LogP contribution in [0.15, 0.2) is 36.4 Å². The molecule has 4 N–H and O–H groups in total. The fourth-order valence-electron chi connectivity index (χ4n) is 0.935. The number of hydrogen-bond donors (Lipinski definition) is 2. The minimum Gasteiger partial charge on any atom is -0.397 e. The summed E-state index contributed by atoms with van der Waals surface area (Å²) in [6, 6.07) is 5.56. The number of hydrogen-bond acceptors (Lipinski definition) is 2. The smallest absolute Gasteiger partial charge is 0.0553 e. The second-order valence-electron chi connectivity index (χ2n) is 3.07. The van der Waals surface area contributed by atoms with E-state index in [9.17, 15) is 0 Å². The predicted molar refractivity (Wildman–Crippen MR) is 59.1 cm³/mol. The Bertz CT molecular complexity index is 351. The molecule has 2 heteroatoms. The second kappa shape index (κ2) is 3.81. The summed E-state index contributed by atoms with van der Waals surface area (Å²) in [5.74, 6) is 0. The van der Waals surface area contributed by atoms with Crippen molar-refractivity contribution in [3.8, 4) is 0 Å². The van der Waals surface area contributed by atoms with E-state index in [2.05, 4.69) is 6.58 Å². The van der Waals surface area contributed by atoms with Gasteiger partial charge in [-0.3, -0.25) is 0 Å². The van der Waals surface area contributed by atoms with Gasteiger partial charge in [0.15, 0.2) is 0 Å². The first kappa shape index (κ1) is 9.39. The Balaban J connectivity index is 2.92. The van der Waals surface area contributed by atoms with Gasteiger partial charge in [-0.2, -0.15) is 0 Å². The summed E-state index contributed by atoms with van der Waals surface area (Å²) < 4.78 is 0. The quantitative estimate of drug-likeness (QED) is 0.534. The fourth-order valence-corrected chi connectivity index (χ4v) is 0.935. The summed E-state index contributed by atoms with van der Waals surface area (Å²) in [6.45, 7) is 5.71. The Morgan fingerprint density at radius 3 is 2.54 bits per heavy atom. The van der Waals surface area contributed by atoms with Crippen molar-refractivity contribution < 1.29 is 0 Å². The number of allylic oxidation sites excluding steroid dienone is 2. The summed E-state index contributed by atoms with van der Waals surface area (Å²) in [4.78, 5) is 0. The number of nitrogen functional groups attached to an aromatic ring is 2. The molecule has 0 aliphatic rings. The monoisotopic (exact) mass is 174 g/mol. The Morgan fingerprint density at radius 1 is 1.31 bits per heavy atom. The van der Waals surface area contributed by atoms with Crippen molar-refractivity contribution in [3.05, 3.63) is 42.0 Å². The molecule has 13 heavy (non-hydrogen) atoms. The minimum absolute atomic E-state index is 0.615. The highest BCUT2D eigenvalue weighted by Gasteiger charge is 1.93. The number of benzene rings is 1. The van der Waals surface area contributed by atoms with E-state index in [0.717, 1.165) is 11.1 Å². The van der Waals surface area contributed by atoms with Gasteiger partial charge in [0.2, 0.25) is 0 Å². The molecular formula is C11H14N2. The molecule has 0 atom stereocenters. The molecule has 0 saturated carbocycles. The van der Waals surface area contributed by atoms with Crippen LogP contribution in [0.25, 0.3) is 6.08 Å². The van der Waals surface area contributed by atoms with E-state index in [1.165, 1.54) is 0 Å². The Morgan fingerprint density at radius 2 is 2.00 bits per heavy atom. The van der Waals surface area contributed by atoms with Gasteiger partial charge in [0, 0.05) is 0 Å². The van der Waals surface area contributed by atoms with E-state index in [0.29, 0.717) is 11.4 Å². The van der Waals surface area contributed by atoms with Crippen molar-refractivity contribution in [1.82, 2.24) is 0 Å². The molecule has 0 saturated heterocycles. The molecule has 1 aromatic carbocycles. The topological polar surface area (TPSA) is 52.0 Å². The van der Waals surface area contributed by atoms with E-state index in [4.69, 9.17) is 11.5 Å². The zero-order valence-electron chi connectivity index (χ0n) is 7.75. The van der Waals surface area contributed by atoms with Gasteiger partial charge in [0.1, 0.15) is 0 Å². The molecule has 0 aliphatic heterocycles. The molecule has 0 unspecified atom stereocenters. The van der Waals surface area contributed by atoms with Crippen LogP contribution < -0.4 is 11.5 Å². The highest BCUT2D eigenvalue weighted by molar-refractivity contribution is 5.68. The minimum atomic E-state index is 0.615. The maximum absolute atomic E-state index is 5.65. The third kappa shape index (κ3) is 2.67. The fraction of sp³-hybridized carbons (Fsp3) is 0.0909. The van der Waals surface area contributed by atoms with Gasteiger partial charge in [-0.1, -0.05) is 30.4 Å². The van der Waals surface area contributed by atoms with Gasteiger partial charge >= 0.3 is 0 Å². The van der Waals surface area contributed by atoms with Crippen LogP contribution in [0.3, 0.4) is 0 Å². The van der Waals surface area contributed by atoms with E-state index in [1.807, 2.05) is 31.2 Å². The molecule has 1 rings (SSSR count). The molecule has 0 aliphatic carbocycles. The average Bonchev–Trinajstić information content (AvgIpc) is 2.07. The predicted octanol–water partition coefficient (Wildman–Crippen LogP) is 2.44. The van der Waals surface area contributed by atoms with Crippen LogP contribution in [0.5, 0.6) is 0 Å². The standard InChI is InChI=1S/C11H14N2/c1-8(2)3-4-9-5-6-10(12)11(13)7-9/h3-7H,1,12-13H2,2H3/b4-3+. The van der Waals surface area contributed by atoms with Crippen molar-refractivity contribution in [3.63, 3.8) is 0 Å². The summed E-state index contributed by atoms with van der Waals surface area (Å²) in [7, 11) is 0. The number of rotatable bonds is 2. The van der Waals surface area contributed by atoms with Gasteiger partial charge in [-0.15, -0.1) is 0 Å². The molecule has 1 aromatic rings. The average molecular weight is 174 g/mol. The molecule has 0 spiro atoms. The first-order valence-corrected chi connectivity index (χ1v) is 4.08. The summed E-state index contributed by atoms with van der Waals surface area (Å²) in [6.07, 6.45) is 3.89. The lowest BCUT2D eigenvalue weighted by atomic mass is 10.1. The molecule has 0 bridgehead atoms. The molecule has 0 amide bonds. The SMILES string of the molecule is C=C(C)/C=C/c1ccc(N)c(N)c1. The maximum atomic E-state index is 5.65. The van der Waals surface area contributed by atoms with Crippen LogP contribution in [-0.4, -0.2) is 0 Å². The van der Waals surface area contributed by atoms with E-state index < -0.39 is 0 Å². The Kier molecular flexibility index (Phi) is 2.75. The van der Waals surface area contributed by atoms with Crippen LogP contribution in [0, 0.1) is 0 Å². The van der Waals surface area contributed by atoms with Crippen LogP contribution in [0.1, 0.15) is 12.5 Å². The lowest BCUT2D eigenvalue weighted by molar-refractivity contribution is 1.56. The highest BCUT2D eigenvalue weighted by Crippen LogP contribution is 2.17. The zero-order chi connectivity index (χ0) is 9.84. The number of anilines is 2. The van der Waals surface area contributed by atoms with Gasteiger partial charge in [0.05, 0.1) is 11.4 Å². The molecule has 2 nitrogen and oxygen atoms in total. The lowest BCUT2D eigenvalue weighted by Crippen LogP contribution is -1.93. The van der Waals surface area contributed by atoms with Crippen molar-refractivity contribution in [1.29, 1.82) is 0 Å². The summed E-state index contributed by atoms with van der Waals surface area (Å²) in [5.41, 5.74) is 14.5. The third-order valence-electron chi connectivity index (χ3n) is 1.67. The van der Waals surface area contributed by atoms with Crippen molar-refractivity contribution >= 4 is 17.5 Å². The van der Waals surface area contributed by atoms with Crippen molar-refractivity contribution in [2.75, 3.05) is 11.5 Å². The largest absolute Gasteiger partial charge is 0.397 e. The maximum Gasteiger partial charge on any atom is 0.0553 e. The van der Waals surface area contributed by atoms with Crippen LogP contribution in [0.4, 0.5) is 11.4 Å². The van der Waals surface area contributed by atoms with E-state index in [-0.39, 0.29) is 0 Å². The van der Waals surface area contributed by atoms with Gasteiger partial charge in [-0.25, -0.2) is 0 Å². The van der Waals surface area contributed by atoms with Crippen LogP contribution >= 0.6 is 0 Å². The molecule has 0 radical (unpaired) electrons. The van der Waals surface area contributed by atoms with E-state index >= 15 is 0 Å². The van der Waals surface area contributed by atoms with E-state index in [1.54, 1.807) is 6.07 Å². The van der Waals surface area contributed by atoms with Gasteiger partial charge < -0.3 is 11.5 Å². The normalized spacial score (nSPS) is 10.5.